The highest BCUT2D eigenvalue weighted by molar-refractivity contribution is 6.07. The smallest absolute Gasteiger partial charge is 0.337 e. The monoisotopic (exact) mass is 438 g/mol. The third-order valence-corrected chi connectivity index (χ3v) is 5.36. The van der Waals surface area contributed by atoms with Gasteiger partial charge >= 0.3 is 11.9 Å². The number of hydrogen-bond donors (Lipinski definition) is 1. The number of amides is 1. The molecule has 0 saturated heterocycles. The molecule has 9 nitrogen and oxygen atoms in total. The lowest BCUT2D eigenvalue weighted by molar-refractivity contribution is -0.384. The van der Waals surface area contributed by atoms with Gasteiger partial charge in [-0.3, -0.25) is 14.9 Å². The van der Waals surface area contributed by atoms with E-state index in [1.807, 2.05) is 0 Å². The molecule has 166 valence electrons. The van der Waals surface area contributed by atoms with Crippen molar-refractivity contribution in [1.29, 1.82) is 0 Å². The summed E-state index contributed by atoms with van der Waals surface area (Å²) in [6.45, 7) is 1.70. The van der Waals surface area contributed by atoms with Gasteiger partial charge in [0.15, 0.2) is 5.54 Å². The number of rotatable bonds is 7. The average Bonchev–Trinajstić information content (AvgIpc) is 3.19. The molecule has 3 rings (SSSR count). The normalized spacial score (nSPS) is 19.6. The number of benzene rings is 2. The molecular formula is C23H22N2O7. The molecule has 1 aliphatic rings. The maximum absolute atomic E-state index is 13.2. The molecule has 0 saturated carbocycles. The third-order valence-electron chi connectivity index (χ3n) is 5.36. The Morgan fingerprint density at radius 3 is 2.34 bits per heavy atom. The van der Waals surface area contributed by atoms with Crippen LogP contribution >= 0.6 is 0 Å². The van der Waals surface area contributed by atoms with Gasteiger partial charge in [-0.25, -0.2) is 9.59 Å². The molecule has 2 aromatic carbocycles. The van der Waals surface area contributed by atoms with Crippen molar-refractivity contribution in [1.82, 2.24) is 5.32 Å². The summed E-state index contributed by atoms with van der Waals surface area (Å²) in [7, 11) is 1.16. The van der Waals surface area contributed by atoms with Crippen molar-refractivity contribution in [2.75, 3.05) is 13.7 Å². The fraction of sp³-hybridized carbons (Fsp3) is 0.261. The van der Waals surface area contributed by atoms with Gasteiger partial charge in [-0.1, -0.05) is 36.4 Å². The summed E-state index contributed by atoms with van der Waals surface area (Å²) in [5, 5.41) is 13.8. The van der Waals surface area contributed by atoms with Crippen LogP contribution in [0.3, 0.4) is 0 Å². The molecule has 32 heavy (non-hydrogen) atoms. The molecule has 1 N–H and O–H groups in total. The van der Waals surface area contributed by atoms with Crippen LogP contribution < -0.4 is 5.32 Å². The van der Waals surface area contributed by atoms with Gasteiger partial charge in [0, 0.05) is 23.6 Å². The van der Waals surface area contributed by atoms with Crippen molar-refractivity contribution >= 4 is 23.5 Å². The number of ether oxygens (including phenoxy) is 2. The van der Waals surface area contributed by atoms with Crippen LogP contribution in [-0.4, -0.2) is 42.0 Å². The van der Waals surface area contributed by atoms with Crippen molar-refractivity contribution in [2.45, 2.75) is 24.8 Å². The number of esters is 2. The number of carbonyl (C=O) groups excluding carboxylic acids is 3. The summed E-state index contributed by atoms with van der Waals surface area (Å²) in [5.41, 5.74) is -1.23. The zero-order chi connectivity index (χ0) is 23.3. The first kappa shape index (κ1) is 22.7. The SMILES string of the molecule is CCOC(=O)C1=CC[C@H](c2ccc([N+](=O)[O-])cc2)[C@@]1(NC(=O)c1ccccc1)C(=O)OC. The zero-order valence-electron chi connectivity index (χ0n) is 17.6. The summed E-state index contributed by atoms with van der Waals surface area (Å²) in [6.07, 6.45) is 1.74. The number of nitrogens with one attached hydrogen (secondary N) is 1. The molecule has 0 bridgehead atoms. The number of nitro groups is 1. The van der Waals surface area contributed by atoms with Crippen LogP contribution in [0.5, 0.6) is 0 Å². The lowest BCUT2D eigenvalue weighted by Crippen LogP contribution is -2.59. The van der Waals surface area contributed by atoms with E-state index in [2.05, 4.69) is 5.32 Å². The predicted molar refractivity (Wildman–Crippen MR) is 114 cm³/mol. The quantitative estimate of drug-likeness (QED) is 0.400. The van der Waals surface area contributed by atoms with E-state index in [1.165, 1.54) is 30.3 Å². The number of nitro benzene ring substituents is 1. The topological polar surface area (TPSA) is 125 Å². The number of nitrogens with zero attached hydrogens (tertiary/aromatic N) is 1. The number of non-ortho nitro benzene ring substituents is 1. The highest BCUT2D eigenvalue weighted by Crippen LogP contribution is 2.45. The van der Waals surface area contributed by atoms with E-state index in [9.17, 15) is 24.5 Å². The van der Waals surface area contributed by atoms with Gasteiger partial charge in [-0.05, 0) is 31.0 Å². The van der Waals surface area contributed by atoms with Crippen molar-refractivity contribution < 1.29 is 28.8 Å². The number of hydrogen-bond acceptors (Lipinski definition) is 7. The minimum absolute atomic E-state index is 0.0427. The second-order valence-electron chi connectivity index (χ2n) is 7.09. The fourth-order valence-corrected chi connectivity index (χ4v) is 3.89. The minimum Gasteiger partial charge on any atom is -0.467 e. The van der Waals surface area contributed by atoms with Crippen LogP contribution in [0.1, 0.15) is 35.2 Å². The first-order valence-corrected chi connectivity index (χ1v) is 9.93. The van der Waals surface area contributed by atoms with Crippen LogP contribution in [0, 0.1) is 10.1 Å². The Balaban J connectivity index is 2.12. The van der Waals surface area contributed by atoms with Crippen LogP contribution in [0.4, 0.5) is 5.69 Å². The van der Waals surface area contributed by atoms with E-state index in [0.29, 0.717) is 5.56 Å². The van der Waals surface area contributed by atoms with Gasteiger partial charge in [0.1, 0.15) is 0 Å². The standard InChI is InChI=1S/C23H22N2O7/c1-3-32-21(27)19-14-13-18(15-9-11-17(12-10-15)25(29)30)23(19,22(28)31-2)24-20(26)16-7-5-4-6-8-16/h4-12,14,18H,3,13H2,1-2H3,(H,24,26)/t18-,23+/m1/s1. The van der Waals surface area contributed by atoms with Crippen molar-refractivity contribution in [3.8, 4) is 0 Å². The molecule has 0 radical (unpaired) electrons. The fourth-order valence-electron chi connectivity index (χ4n) is 3.89. The molecule has 1 amide bonds. The Labute approximate surface area is 184 Å². The van der Waals surface area contributed by atoms with Crippen molar-refractivity contribution in [3.63, 3.8) is 0 Å². The summed E-state index contributed by atoms with van der Waals surface area (Å²) in [6, 6.07) is 13.8. The summed E-state index contributed by atoms with van der Waals surface area (Å²) >= 11 is 0. The second kappa shape index (κ2) is 9.42. The van der Waals surface area contributed by atoms with Gasteiger partial charge < -0.3 is 14.8 Å². The van der Waals surface area contributed by atoms with Crippen LogP contribution in [0.2, 0.25) is 0 Å². The largest absolute Gasteiger partial charge is 0.467 e. The molecule has 2 aromatic rings. The minimum atomic E-state index is -1.87. The van der Waals surface area contributed by atoms with Gasteiger partial charge in [0.25, 0.3) is 11.6 Å². The lowest BCUT2D eigenvalue weighted by Gasteiger charge is -2.36. The molecule has 0 aromatic heterocycles. The van der Waals surface area contributed by atoms with Gasteiger partial charge in [-0.15, -0.1) is 0 Å². The van der Waals surface area contributed by atoms with Crippen molar-refractivity contribution in [2.24, 2.45) is 0 Å². The Morgan fingerprint density at radius 2 is 1.78 bits per heavy atom. The number of allylic oxidation sites excluding steroid dienone is 1. The van der Waals surface area contributed by atoms with Crippen LogP contribution in [-0.2, 0) is 19.1 Å². The van der Waals surface area contributed by atoms with Gasteiger partial charge in [-0.2, -0.15) is 0 Å². The molecule has 9 heteroatoms. The van der Waals surface area contributed by atoms with E-state index < -0.39 is 34.2 Å². The molecular weight excluding hydrogens is 416 g/mol. The van der Waals surface area contributed by atoms with E-state index in [1.54, 1.807) is 37.3 Å². The molecule has 1 aliphatic carbocycles. The van der Waals surface area contributed by atoms with Crippen LogP contribution in [0.15, 0.2) is 66.2 Å². The Kier molecular flexibility index (Phi) is 6.67. The number of methoxy groups -OCH3 is 1. The van der Waals surface area contributed by atoms with Crippen LogP contribution in [0.25, 0.3) is 0 Å². The number of carbonyl (C=O) groups is 3. The van der Waals surface area contributed by atoms with Gasteiger partial charge in [0.2, 0.25) is 0 Å². The Morgan fingerprint density at radius 1 is 1.12 bits per heavy atom. The predicted octanol–water partition coefficient (Wildman–Crippen LogP) is 2.91. The third kappa shape index (κ3) is 4.09. The second-order valence-corrected chi connectivity index (χ2v) is 7.09. The molecule has 0 aliphatic heterocycles. The summed E-state index contributed by atoms with van der Waals surface area (Å²) < 4.78 is 10.2. The van der Waals surface area contributed by atoms with Gasteiger partial charge in [0.05, 0.1) is 24.2 Å². The average molecular weight is 438 g/mol. The Bertz CT molecular complexity index is 1060. The highest BCUT2D eigenvalue weighted by Gasteiger charge is 2.57. The molecule has 0 spiro atoms. The summed E-state index contributed by atoms with van der Waals surface area (Å²) in [4.78, 5) is 49.6. The molecule has 2 atom stereocenters. The van der Waals surface area contributed by atoms with Crippen molar-refractivity contribution in [3.05, 3.63) is 87.5 Å². The van der Waals surface area contributed by atoms with E-state index in [0.717, 1.165) is 7.11 Å². The van der Waals surface area contributed by atoms with E-state index in [4.69, 9.17) is 9.47 Å². The Hall–Kier alpha value is -4.01. The highest BCUT2D eigenvalue weighted by atomic mass is 16.6. The first-order chi connectivity index (χ1) is 15.3. The van der Waals surface area contributed by atoms with E-state index >= 15 is 0 Å². The molecule has 0 fully saturated rings. The summed E-state index contributed by atoms with van der Waals surface area (Å²) in [5.74, 6) is -2.93. The maximum Gasteiger partial charge on any atom is 0.337 e. The maximum atomic E-state index is 13.2. The zero-order valence-corrected chi connectivity index (χ0v) is 17.6. The lowest BCUT2D eigenvalue weighted by atomic mass is 9.77. The molecule has 0 heterocycles. The first-order valence-electron chi connectivity index (χ1n) is 9.93. The molecule has 0 unspecified atom stereocenters. The van der Waals surface area contributed by atoms with E-state index in [-0.39, 0.29) is 29.9 Å².